The Labute approximate surface area is 171 Å². The molecule has 0 radical (unpaired) electrons. The lowest BCUT2D eigenvalue weighted by Crippen LogP contribution is -2.51. The average molecular weight is 415 g/mol. The van der Waals surface area contributed by atoms with Gasteiger partial charge < -0.3 is 4.74 Å². The summed E-state index contributed by atoms with van der Waals surface area (Å²) in [5, 5.41) is 0. The van der Waals surface area contributed by atoms with Gasteiger partial charge in [-0.2, -0.15) is 4.31 Å². The van der Waals surface area contributed by atoms with E-state index in [-0.39, 0.29) is 12.1 Å². The van der Waals surface area contributed by atoms with Crippen LogP contribution in [0.3, 0.4) is 0 Å². The number of ether oxygens (including phenoxy) is 1. The first-order valence-electron chi connectivity index (χ1n) is 10.3. The number of rotatable bonds is 5. The second kappa shape index (κ2) is 7.34. The lowest BCUT2D eigenvalue weighted by Gasteiger charge is -2.36. The number of nitrogens with zero attached hydrogens (tertiary/aromatic N) is 4. The largest absolute Gasteiger partial charge is 0.472 e. The monoisotopic (exact) mass is 414 g/mol. The number of aryl methyl sites for hydroxylation is 1. The molecule has 2 saturated heterocycles. The van der Waals surface area contributed by atoms with Crippen molar-refractivity contribution in [3.8, 4) is 5.88 Å². The molecular weight excluding hydrogens is 388 g/mol. The molecule has 0 bridgehead atoms. The molecule has 2 aromatic rings. The Morgan fingerprint density at radius 2 is 1.83 bits per heavy atom. The van der Waals surface area contributed by atoms with Crippen molar-refractivity contribution < 1.29 is 13.2 Å². The maximum Gasteiger partial charge on any atom is 0.243 e. The molecule has 0 N–H and O–H groups in total. The number of hydrogen-bond acceptors (Lipinski definition) is 6. The Hall–Kier alpha value is -2.03. The Morgan fingerprint density at radius 1 is 1.03 bits per heavy atom. The molecule has 29 heavy (non-hydrogen) atoms. The van der Waals surface area contributed by atoms with Crippen molar-refractivity contribution in [2.24, 2.45) is 0 Å². The van der Waals surface area contributed by atoms with E-state index in [0.29, 0.717) is 29.8 Å². The molecule has 2 atom stereocenters. The number of aromatic nitrogens is 2. The van der Waals surface area contributed by atoms with Crippen molar-refractivity contribution in [3.63, 3.8) is 0 Å². The molecule has 8 heteroatoms. The van der Waals surface area contributed by atoms with Crippen LogP contribution in [0, 0.1) is 6.92 Å². The van der Waals surface area contributed by atoms with Gasteiger partial charge in [0.25, 0.3) is 0 Å². The zero-order valence-corrected chi connectivity index (χ0v) is 17.4. The van der Waals surface area contributed by atoms with Crippen molar-refractivity contribution >= 4 is 10.0 Å². The standard InChI is InChI=1S/C21H26N4O3S/c1-15-2-6-19(7-3-15)29(26,27)25-9-8-24-14-18(10-17(24)13-25)28-21-12-22-20(11-23-21)16-4-5-16/h2-3,6-7,11-12,16-18H,4-5,8-10,13-14H2,1H3/t17-,18+/m0/s1. The van der Waals surface area contributed by atoms with Gasteiger partial charge in [0.15, 0.2) is 0 Å². The quantitative estimate of drug-likeness (QED) is 0.747. The average Bonchev–Trinajstić information content (AvgIpc) is 3.48. The highest BCUT2D eigenvalue weighted by Crippen LogP contribution is 2.38. The maximum absolute atomic E-state index is 13.0. The van der Waals surface area contributed by atoms with E-state index >= 15 is 0 Å². The van der Waals surface area contributed by atoms with Gasteiger partial charge >= 0.3 is 0 Å². The predicted octanol–water partition coefficient (Wildman–Crippen LogP) is 2.19. The third-order valence-electron chi connectivity index (χ3n) is 6.13. The molecule has 1 saturated carbocycles. The Balaban J connectivity index is 1.22. The molecule has 0 spiro atoms. The molecule has 154 valence electrons. The predicted molar refractivity (Wildman–Crippen MR) is 108 cm³/mol. The van der Waals surface area contributed by atoms with Gasteiger partial charge in [-0.25, -0.2) is 13.4 Å². The van der Waals surface area contributed by atoms with Crippen LogP contribution in [-0.4, -0.2) is 65.9 Å². The minimum absolute atomic E-state index is 0.0168. The molecule has 5 rings (SSSR count). The highest BCUT2D eigenvalue weighted by molar-refractivity contribution is 7.89. The SMILES string of the molecule is Cc1ccc(S(=O)(=O)N2CCN3C[C@H](Oc4cnc(C5CC5)cn4)C[C@H]3C2)cc1. The van der Waals surface area contributed by atoms with E-state index in [2.05, 4.69) is 14.9 Å². The molecule has 2 aliphatic heterocycles. The molecule has 3 fully saturated rings. The van der Waals surface area contributed by atoms with Crippen molar-refractivity contribution in [2.75, 3.05) is 26.2 Å². The molecule has 3 heterocycles. The number of hydrogen-bond donors (Lipinski definition) is 0. The van der Waals surface area contributed by atoms with Gasteiger partial charge in [0.05, 0.1) is 23.0 Å². The fourth-order valence-corrected chi connectivity index (χ4v) is 5.75. The minimum Gasteiger partial charge on any atom is -0.472 e. The van der Waals surface area contributed by atoms with Crippen LogP contribution in [0.2, 0.25) is 0 Å². The summed E-state index contributed by atoms with van der Waals surface area (Å²) in [7, 11) is -3.46. The van der Waals surface area contributed by atoms with Crippen molar-refractivity contribution in [2.45, 2.75) is 49.1 Å². The van der Waals surface area contributed by atoms with Crippen LogP contribution < -0.4 is 4.74 Å². The van der Waals surface area contributed by atoms with E-state index in [0.717, 1.165) is 30.8 Å². The fraction of sp³-hybridized carbons (Fsp3) is 0.524. The molecule has 1 aliphatic carbocycles. The van der Waals surface area contributed by atoms with Crippen LogP contribution in [0.4, 0.5) is 0 Å². The van der Waals surface area contributed by atoms with Gasteiger partial charge in [0, 0.05) is 44.6 Å². The van der Waals surface area contributed by atoms with E-state index in [1.807, 2.05) is 25.3 Å². The highest BCUT2D eigenvalue weighted by atomic mass is 32.2. The summed E-state index contributed by atoms with van der Waals surface area (Å²) in [5.74, 6) is 1.14. The molecule has 7 nitrogen and oxygen atoms in total. The van der Waals surface area contributed by atoms with Gasteiger partial charge in [0.2, 0.25) is 15.9 Å². The van der Waals surface area contributed by atoms with E-state index in [1.165, 1.54) is 12.8 Å². The van der Waals surface area contributed by atoms with Crippen LogP contribution in [-0.2, 0) is 10.0 Å². The van der Waals surface area contributed by atoms with Gasteiger partial charge in [0.1, 0.15) is 6.10 Å². The minimum atomic E-state index is -3.46. The van der Waals surface area contributed by atoms with Crippen LogP contribution in [0.5, 0.6) is 5.88 Å². The third kappa shape index (κ3) is 3.89. The van der Waals surface area contributed by atoms with Crippen LogP contribution in [0.1, 0.15) is 36.4 Å². The van der Waals surface area contributed by atoms with Gasteiger partial charge in [-0.1, -0.05) is 17.7 Å². The number of sulfonamides is 1. The maximum atomic E-state index is 13.0. The third-order valence-corrected chi connectivity index (χ3v) is 8.01. The van der Waals surface area contributed by atoms with Gasteiger partial charge in [-0.05, 0) is 31.9 Å². The zero-order chi connectivity index (χ0) is 20.0. The molecule has 0 unspecified atom stereocenters. The highest BCUT2D eigenvalue weighted by Gasteiger charge is 2.40. The van der Waals surface area contributed by atoms with Gasteiger partial charge in [-0.3, -0.25) is 9.88 Å². The van der Waals surface area contributed by atoms with E-state index in [9.17, 15) is 8.42 Å². The number of fused-ring (bicyclic) bond motifs is 1. The second-order valence-electron chi connectivity index (χ2n) is 8.35. The fourth-order valence-electron chi connectivity index (χ4n) is 4.28. The first-order valence-corrected chi connectivity index (χ1v) is 11.7. The molecule has 0 amide bonds. The van der Waals surface area contributed by atoms with E-state index in [1.54, 1.807) is 22.6 Å². The molecule has 1 aromatic heterocycles. The normalized spacial score (nSPS) is 25.7. The Kier molecular flexibility index (Phi) is 4.80. The summed E-state index contributed by atoms with van der Waals surface area (Å²) in [6.45, 7) is 4.49. The molecular formula is C21H26N4O3S. The first-order chi connectivity index (χ1) is 14.0. The summed E-state index contributed by atoms with van der Waals surface area (Å²) in [6, 6.07) is 7.26. The summed E-state index contributed by atoms with van der Waals surface area (Å²) < 4.78 is 33.7. The summed E-state index contributed by atoms with van der Waals surface area (Å²) in [5.41, 5.74) is 2.11. The summed E-state index contributed by atoms with van der Waals surface area (Å²) >= 11 is 0. The van der Waals surface area contributed by atoms with Crippen molar-refractivity contribution in [3.05, 3.63) is 47.9 Å². The molecule has 3 aliphatic rings. The summed E-state index contributed by atoms with van der Waals surface area (Å²) in [4.78, 5) is 11.6. The first kappa shape index (κ1) is 19.0. The van der Waals surface area contributed by atoms with Crippen LogP contribution in [0.15, 0.2) is 41.6 Å². The Morgan fingerprint density at radius 3 is 2.52 bits per heavy atom. The van der Waals surface area contributed by atoms with Gasteiger partial charge in [-0.15, -0.1) is 0 Å². The lowest BCUT2D eigenvalue weighted by molar-refractivity contribution is 0.151. The Bertz CT molecular complexity index is 974. The zero-order valence-electron chi connectivity index (χ0n) is 16.6. The van der Waals surface area contributed by atoms with Crippen molar-refractivity contribution in [1.82, 2.24) is 19.2 Å². The van der Waals surface area contributed by atoms with Crippen molar-refractivity contribution in [1.29, 1.82) is 0 Å². The van der Waals surface area contributed by atoms with E-state index < -0.39 is 10.0 Å². The second-order valence-corrected chi connectivity index (χ2v) is 10.3. The lowest BCUT2D eigenvalue weighted by atomic mass is 10.2. The van der Waals surface area contributed by atoms with Crippen LogP contribution in [0.25, 0.3) is 0 Å². The smallest absolute Gasteiger partial charge is 0.243 e. The summed E-state index contributed by atoms with van der Waals surface area (Å²) in [6.07, 6.45) is 6.77. The number of piperazine rings is 1. The molecule has 1 aromatic carbocycles. The number of benzene rings is 1. The van der Waals surface area contributed by atoms with Crippen LogP contribution >= 0.6 is 0 Å². The topological polar surface area (TPSA) is 75.6 Å². The van der Waals surface area contributed by atoms with E-state index in [4.69, 9.17) is 4.74 Å².